The van der Waals surface area contributed by atoms with Gasteiger partial charge in [-0.3, -0.25) is 4.98 Å². The Kier molecular flexibility index (Phi) is 2.62. The third kappa shape index (κ3) is 1.58. The van der Waals surface area contributed by atoms with E-state index in [9.17, 15) is 0 Å². The summed E-state index contributed by atoms with van der Waals surface area (Å²) in [6.45, 7) is 2.10. The molecule has 1 aromatic heterocycles. The largest absolute Gasteiger partial charge is 0.256 e. The lowest BCUT2D eigenvalue weighted by atomic mass is 10.1. The summed E-state index contributed by atoms with van der Waals surface area (Å²) in [6.07, 6.45) is 2.73. The van der Waals surface area contributed by atoms with E-state index in [1.807, 2.05) is 12.1 Å². The Morgan fingerprint density at radius 3 is 2.79 bits per heavy atom. The molecule has 1 heterocycles. The molecule has 0 spiro atoms. The Bertz CT molecular complexity index is 480. The van der Waals surface area contributed by atoms with Gasteiger partial charge in [0.1, 0.15) is 0 Å². The maximum atomic E-state index is 6.12. The van der Waals surface area contributed by atoms with Crippen LogP contribution in [0.3, 0.4) is 0 Å². The molecule has 3 heteroatoms. The number of pyridine rings is 1. The Labute approximate surface area is 92.7 Å². The SMILES string of the molecule is CCc1ccnc2cc(Cl)cc(Cl)c12. The van der Waals surface area contributed by atoms with Crippen LogP contribution in [0, 0.1) is 0 Å². The molecule has 2 aromatic rings. The van der Waals surface area contributed by atoms with E-state index in [4.69, 9.17) is 23.2 Å². The van der Waals surface area contributed by atoms with Crippen LogP contribution in [0.5, 0.6) is 0 Å². The van der Waals surface area contributed by atoms with E-state index in [-0.39, 0.29) is 0 Å². The number of benzene rings is 1. The maximum Gasteiger partial charge on any atom is 0.0734 e. The van der Waals surface area contributed by atoms with Gasteiger partial charge in [0.15, 0.2) is 0 Å². The number of nitrogens with zero attached hydrogens (tertiary/aromatic N) is 1. The van der Waals surface area contributed by atoms with Crippen molar-refractivity contribution in [2.24, 2.45) is 0 Å². The first-order chi connectivity index (χ1) is 6.72. The van der Waals surface area contributed by atoms with E-state index >= 15 is 0 Å². The molecule has 72 valence electrons. The average Bonchev–Trinajstić information content (AvgIpc) is 2.16. The van der Waals surface area contributed by atoms with Crippen molar-refractivity contribution in [3.63, 3.8) is 0 Å². The fourth-order valence-electron chi connectivity index (χ4n) is 1.57. The molecule has 0 N–H and O–H groups in total. The van der Waals surface area contributed by atoms with Crippen LogP contribution in [0.1, 0.15) is 12.5 Å². The molecule has 0 radical (unpaired) electrons. The van der Waals surface area contributed by atoms with Gasteiger partial charge >= 0.3 is 0 Å². The molecule has 0 aliphatic rings. The first-order valence-electron chi connectivity index (χ1n) is 4.45. The Morgan fingerprint density at radius 2 is 2.07 bits per heavy atom. The summed E-state index contributed by atoms with van der Waals surface area (Å²) in [6, 6.07) is 5.58. The van der Waals surface area contributed by atoms with Crippen LogP contribution in [0.25, 0.3) is 10.9 Å². The van der Waals surface area contributed by atoms with Crippen LogP contribution >= 0.6 is 23.2 Å². The smallest absolute Gasteiger partial charge is 0.0734 e. The molecule has 0 bridgehead atoms. The fraction of sp³-hybridized carbons (Fsp3) is 0.182. The lowest BCUT2D eigenvalue weighted by Crippen LogP contribution is -1.87. The minimum absolute atomic E-state index is 0.628. The quantitative estimate of drug-likeness (QED) is 0.713. The molecule has 0 unspecified atom stereocenters. The molecule has 0 fully saturated rings. The van der Waals surface area contributed by atoms with Gasteiger partial charge in [-0.05, 0) is 30.2 Å². The van der Waals surface area contributed by atoms with Gasteiger partial charge in [0, 0.05) is 16.6 Å². The monoisotopic (exact) mass is 225 g/mol. The van der Waals surface area contributed by atoms with Gasteiger partial charge in [-0.2, -0.15) is 0 Å². The maximum absolute atomic E-state index is 6.12. The van der Waals surface area contributed by atoms with Gasteiger partial charge in [-0.1, -0.05) is 30.1 Å². The summed E-state index contributed by atoms with van der Waals surface area (Å²) >= 11 is 12.0. The van der Waals surface area contributed by atoms with Crippen LogP contribution in [-0.2, 0) is 6.42 Å². The van der Waals surface area contributed by atoms with E-state index in [2.05, 4.69) is 11.9 Å². The topological polar surface area (TPSA) is 12.9 Å². The highest BCUT2D eigenvalue weighted by atomic mass is 35.5. The second kappa shape index (κ2) is 3.76. The standard InChI is InChI=1S/C11H9Cl2N/c1-2-7-3-4-14-10-6-8(12)5-9(13)11(7)10/h3-6H,2H2,1H3. The molecule has 2 rings (SSSR count). The summed E-state index contributed by atoms with van der Waals surface area (Å²) in [5, 5.41) is 2.32. The lowest BCUT2D eigenvalue weighted by Gasteiger charge is -2.05. The van der Waals surface area contributed by atoms with Gasteiger partial charge in [0.2, 0.25) is 0 Å². The van der Waals surface area contributed by atoms with E-state index < -0.39 is 0 Å². The van der Waals surface area contributed by atoms with Crippen molar-refractivity contribution in [3.05, 3.63) is 40.0 Å². The number of halogens is 2. The molecule has 0 aliphatic heterocycles. The third-order valence-electron chi connectivity index (χ3n) is 2.23. The Morgan fingerprint density at radius 1 is 1.29 bits per heavy atom. The summed E-state index contributed by atoms with van der Waals surface area (Å²) in [7, 11) is 0. The number of aromatic nitrogens is 1. The van der Waals surface area contributed by atoms with Gasteiger partial charge < -0.3 is 0 Å². The Balaban J connectivity index is 2.87. The van der Waals surface area contributed by atoms with Gasteiger partial charge in [0.05, 0.1) is 10.5 Å². The Hall–Kier alpha value is -0.790. The second-order valence-electron chi connectivity index (χ2n) is 3.11. The predicted molar refractivity (Wildman–Crippen MR) is 61.1 cm³/mol. The highest BCUT2D eigenvalue weighted by molar-refractivity contribution is 6.38. The summed E-state index contributed by atoms with van der Waals surface area (Å²) in [5.41, 5.74) is 2.07. The van der Waals surface area contributed by atoms with Crippen molar-refractivity contribution >= 4 is 34.1 Å². The summed E-state index contributed by atoms with van der Waals surface area (Å²) < 4.78 is 0. The molecule has 0 amide bonds. The number of fused-ring (bicyclic) bond motifs is 1. The number of hydrogen-bond donors (Lipinski definition) is 0. The number of rotatable bonds is 1. The lowest BCUT2D eigenvalue weighted by molar-refractivity contribution is 1.15. The predicted octanol–water partition coefficient (Wildman–Crippen LogP) is 4.10. The van der Waals surface area contributed by atoms with Crippen molar-refractivity contribution in [2.75, 3.05) is 0 Å². The zero-order valence-corrected chi connectivity index (χ0v) is 9.23. The van der Waals surface area contributed by atoms with E-state index in [1.165, 1.54) is 5.56 Å². The van der Waals surface area contributed by atoms with Gasteiger partial charge in [-0.15, -0.1) is 0 Å². The molecular formula is C11H9Cl2N. The minimum Gasteiger partial charge on any atom is -0.256 e. The van der Waals surface area contributed by atoms with E-state index in [0.717, 1.165) is 17.3 Å². The fourth-order valence-corrected chi connectivity index (χ4v) is 2.17. The zero-order chi connectivity index (χ0) is 10.1. The summed E-state index contributed by atoms with van der Waals surface area (Å²) in [5.74, 6) is 0. The van der Waals surface area contributed by atoms with Crippen LogP contribution in [-0.4, -0.2) is 4.98 Å². The van der Waals surface area contributed by atoms with Crippen molar-refractivity contribution in [2.45, 2.75) is 13.3 Å². The zero-order valence-electron chi connectivity index (χ0n) is 7.72. The van der Waals surface area contributed by atoms with Crippen LogP contribution < -0.4 is 0 Å². The molecule has 1 nitrogen and oxygen atoms in total. The van der Waals surface area contributed by atoms with Crippen LogP contribution in [0.2, 0.25) is 10.0 Å². The number of aryl methyl sites for hydroxylation is 1. The minimum atomic E-state index is 0.628. The third-order valence-corrected chi connectivity index (χ3v) is 2.74. The van der Waals surface area contributed by atoms with Crippen molar-refractivity contribution < 1.29 is 0 Å². The molecule has 0 saturated heterocycles. The molecule has 14 heavy (non-hydrogen) atoms. The highest BCUT2D eigenvalue weighted by Gasteiger charge is 2.05. The molecular weight excluding hydrogens is 217 g/mol. The molecule has 1 aromatic carbocycles. The van der Waals surface area contributed by atoms with Crippen LogP contribution in [0.4, 0.5) is 0 Å². The molecule has 0 aliphatic carbocycles. The number of hydrogen-bond acceptors (Lipinski definition) is 1. The van der Waals surface area contributed by atoms with E-state index in [0.29, 0.717) is 10.0 Å². The summed E-state index contributed by atoms with van der Waals surface area (Å²) in [4.78, 5) is 4.24. The van der Waals surface area contributed by atoms with Crippen molar-refractivity contribution in [1.29, 1.82) is 0 Å². The first kappa shape index (κ1) is 9.75. The van der Waals surface area contributed by atoms with Crippen LogP contribution in [0.15, 0.2) is 24.4 Å². The van der Waals surface area contributed by atoms with Gasteiger partial charge in [-0.25, -0.2) is 0 Å². The van der Waals surface area contributed by atoms with E-state index in [1.54, 1.807) is 12.3 Å². The molecule has 0 saturated carbocycles. The van der Waals surface area contributed by atoms with Crippen molar-refractivity contribution in [1.82, 2.24) is 4.98 Å². The van der Waals surface area contributed by atoms with Gasteiger partial charge in [0.25, 0.3) is 0 Å². The highest BCUT2D eigenvalue weighted by Crippen LogP contribution is 2.29. The first-order valence-corrected chi connectivity index (χ1v) is 5.20. The second-order valence-corrected chi connectivity index (χ2v) is 3.95. The molecule has 0 atom stereocenters. The normalized spacial score (nSPS) is 10.8. The average molecular weight is 226 g/mol. The van der Waals surface area contributed by atoms with Crippen molar-refractivity contribution in [3.8, 4) is 0 Å².